The minimum atomic E-state index is -3.86. The molecule has 10 heteroatoms. The van der Waals surface area contributed by atoms with Crippen molar-refractivity contribution in [2.24, 2.45) is 0 Å². The maximum atomic E-state index is 14.3. The molecule has 0 aliphatic rings. The molecule has 0 radical (unpaired) electrons. The lowest BCUT2D eigenvalue weighted by atomic mass is 10.1. The van der Waals surface area contributed by atoms with Crippen LogP contribution in [0.1, 0.15) is 26.3 Å². The zero-order valence-electron chi connectivity index (χ0n) is 19.4. The third kappa shape index (κ3) is 7.18. The second kappa shape index (κ2) is 11.1. The summed E-state index contributed by atoms with van der Waals surface area (Å²) in [6.45, 7) is 4.31. The number of ether oxygens (including phenoxy) is 1. The van der Waals surface area contributed by atoms with Crippen LogP contribution in [0.15, 0.2) is 48.5 Å². The molecule has 0 saturated carbocycles. The van der Waals surface area contributed by atoms with E-state index in [1.54, 1.807) is 32.0 Å². The Morgan fingerprint density at radius 1 is 1.09 bits per heavy atom. The lowest BCUT2D eigenvalue weighted by Gasteiger charge is -2.32. The monoisotopic (exact) mass is 479 g/mol. The number of nitrogens with zero attached hydrogens (tertiary/aromatic N) is 2. The number of carbonyl (C=O) groups is 2. The van der Waals surface area contributed by atoms with Gasteiger partial charge in [-0.15, -0.1) is 0 Å². The fourth-order valence-electron chi connectivity index (χ4n) is 3.18. The Morgan fingerprint density at radius 2 is 1.76 bits per heavy atom. The Hall–Kier alpha value is -3.14. The zero-order valence-corrected chi connectivity index (χ0v) is 20.2. The lowest BCUT2D eigenvalue weighted by molar-refractivity contribution is -0.139. The van der Waals surface area contributed by atoms with Gasteiger partial charge in [-0.05, 0) is 39.0 Å². The molecular weight excluding hydrogens is 449 g/mol. The Labute approximate surface area is 194 Å². The Bertz CT molecular complexity index is 1090. The van der Waals surface area contributed by atoms with E-state index in [-0.39, 0.29) is 23.8 Å². The number of anilines is 1. The van der Waals surface area contributed by atoms with Crippen molar-refractivity contribution >= 4 is 27.5 Å². The number of carbonyl (C=O) groups excluding carboxylic acids is 2. The first-order valence-corrected chi connectivity index (χ1v) is 12.2. The Morgan fingerprint density at radius 3 is 2.33 bits per heavy atom. The molecule has 2 aromatic carbocycles. The van der Waals surface area contributed by atoms with Crippen LogP contribution < -0.4 is 14.4 Å². The van der Waals surface area contributed by atoms with Crippen LogP contribution >= 0.6 is 0 Å². The van der Waals surface area contributed by atoms with Crippen molar-refractivity contribution < 1.29 is 27.1 Å². The number of methoxy groups -OCH3 is 1. The van der Waals surface area contributed by atoms with E-state index in [1.165, 1.54) is 49.3 Å². The molecular formula is C23H30FN3O5S. The maximum absolute atomic E-state index is 14.3. The van der Waals surface area contributed by atoms with Crippen molar-refractivity contribution in [3.8, 4) is 5.75 Å². The van der Waals surface area contributed by atoms with Crippen molar-refractivity contribution in [2.75, 3.05) is 24.2 Å². The fraction of sp³-hybridized carbons (Fsp3) is 0.391. The average molecular weight is 480 g/mol. The van der Waals surface area contributed by atoms with Gasteiger partial charge in [0.2, 0.25) is 21.8 Å². The Kier molecular flexibility index (Phi) is 8.81. The number of sulfonamides is 1. The van der Waals surface area contributed by atoms with E-state index in [0.29, 0.717) is 5.75 Å². The number of halogens is 1. The van der Waals surface area contributed by atoms with Crippen LogP contribution in [-0.4, -0.2) is 57.1 Å². The molecule has 33 heavy (non-hydrogen) atoms. The summed E-state index contributed by atoms with van der Waals surface area (Å²) in [5, 5.41) is 2.73. The number of hydrogen-bond donors (Lipinski definition) is 1. The normalized spacial score (nSPS) is 12.2. The first-order valence-electron chi connectivity index (χ1n) is 10.4. The van der Waals surface area contributed by atoms with E-state index in [1.807, 2.05) is 0 Å². The summed E-state index contributed by atoms with van der Waals surface area (Å²) in [5.74, 6) is -1.19. The van der Waals surface area contributed by atoms with Crippen molar-refractivity contribution in [3.63, 3.8) is 0 Å². The highest BCUT2D eigenvalue weighted by Crippen LogP contribution is 2.24. The largest absolute Gasteiger partial charge is 0.497 e. The van der Waals surface area contributed by atoms with Crippen molar-refractivity contribution in [1.29, 1.82) is 0 Å². The molecule has 0 aromatic heterocycles. The molecule has 180 valence electrons. The molecule has 0 spiro atoms. The summed E-state index contributed by atoms with van der Waals surface area (Å²) >= 11 is 0. The van der Waals surface area contributed by atoms with Crippen molar-refractivity contribution in [2.45, 2.75) is 39.4 Å². The zero-order chi connectivity index (χ0) is 24.8. The molecule has 2 amide bonds. The van der Waals surface area contributed by atoms with Gasteiger partial charge in [0.1, 0.15) is 24.2 Å². The van der Waals surface area contributed by atoms with Crippen LogP contribution in [0.2, 0.25) is 0 Å². The van der Waals surface area contributed by atoms with Gasteiger partial charge in [0.15, 0.2) is 0 Å². The van der Waals surface area contributed by atoms with E-state index < -0.39 is 40.2 Å². The second-order valence-corrected chi connectivity index (χ2v) is 9.83. The van der Waals surface area contributed by atoms with E-state index >= 15 is 0 Å². The highest BCUT2D eigenvalue weighted by molar-refractivity contribution is 7.92. The first kappa shape index (κ1) is 26.1. The molecule has 2 aromatic rings. The van der Waals surface area contributed by atoms with E-state index in [2.05, 4.69) is 5.32 Å². The van der Waals surface area contributed by atoms with Gasteiger partial charge in [-0.3, -0.25) is 13.9 Å². The van der Waals surface area contributed by atoms with Crippen LogP contribution in [0.5, 0.6) is 5.75 Å². The van der Waals surface area contributed by atoms with Gasteiger partial charge < -0.3 is 15.0 Å². The average Bonchev–Trinajstić information content (AvgIpc) is 2.75. The predicted molar refractivity (Wildman–Crippen MR) is 125 cm³/mol. The molecule has 0 heterocycles. The maximum Gasteiger partial charge on any atom is 0.244 e. The highest BCUT2D eigenvalue weighted by atomic mass is 32.2. The van der Waals surface area contributed by atoms with Gasteiger partial charge in [0.25, 0.3) is 0 Å². The molecule has 0 saturated heterocycles. The fourth-order valence-corrected chi connectivity index (χ4v) is 4.02. The Balaban J connectivity index is 2.42. The molecule has 0 unspecified atom stereocenters. The predicted octanol–water partition coefficient (Wildman–Crippen LogP) is 2.54. The molecule has 2 rings (SSSR count). The topological polar surface area (TPSA) is 96.0 Å². The minimum absolute atomic E-state index is 0.172. The molecule has 0 aliphatic heterocycles. The SMILES string of the molecule is COc1cccc(N(CC(=O)N(Cc2ccccc2F)[C@@H](C)C(=O)NC(C)C)S(C)(=O)=O)c1. The smallest absolute Gasteiger partial charge is 0.244 e. The summed E-state index contributed by atoms with van der Waals surface area (Å²) in [6.07, 6.45) is 0.982. The third-order valence-corrected chi connectivity index (χ3v) is 6.06. The number of benzene rings is 2. The van der Waals surface area contributed by atoms with E-state index in [0.717, 1.165) is 10.6 Å². The summed E-state index contributed by atoms with van der Waals surface area (Å²) in [5.41, 5.74) is 0.442. The van der Waals surface area contributed by atoms with Crippen molar-refractivity contribution in [3.05, 3.63) is 59.9 Å². The van der Waals surface area contributed by atoms with Gasteiger partial charge in [-0.25, -0.2) is 12.8 Å². The standard InChI is InChI=1S/C23H30FN3O5S/c1-16(2)25-23(29)17(3)26(14-18-9-6-7-12-21(18)24)22(28)15-27(33(5,30)31)19-10-8-11-20(13-19)32-4/h6-13,16-17H,14-15H2,1-5H3,(H,25,29)/t17-/m0/s1. The quantitative estimate of drug-likeness (QED) is 0.565. The van der Waals surface area contributed by atoms with Gasteiger partial charge in [-0.1, -0.05) is 24.3 Å². The molecule has 1 N–H and O–H groups in total. The van der Waals surface area contributed by atoms with E-state index in [9.17, 15) is 22.4 Å². The molecule has 0 fully saturated rings. The van der Waals surface area contributed by atoms with Gasteiger partial charge in [0, 0.05) is 24.2 Å². The van der Waals surface area contributed by atoms with Gasteiger partial charge >= 0.3 is 0 Å². The lowest BCUT2D eigenvalue weighted by Crippen LogP contribution is -2.52. The first-order chi connectivity index (χ1) is 15.4. The van der Waals surface area contributed by atoms with Gasteiger partial charge in [0.05, 0.1) is 19.1 Å². The van der Waals surface area contributed by atoms with Crippen LogP contribution in [0.3, 0.4) is 0 Å². The molecule has 8 nitrogen and oxygen atoms in total. The van der Waals surface area contributed by atoms with Crippen LogP contribution in [0.25, 0.3) is 0 Å². The third-order valence-electron chi connectivity index (χ3n) is 4.92. The summed E-state index contributed by atoms with van der Waals surface area (Å²) in [7, 11) is -2.42. The number of nitrogens with one attached hydrogen (secondary N) is 1. The van der Waals surface area contributed by atoms with Gasteiger partial charge in [-0.2, -0.15) is 0 Å². The molecule has 0 bridgehead atoms. The minimum Gasteiger partial charge on any atom is -0.497 e. The van der Waals surface area contributed by atoms with Crippen molar-refractivity contribution in [1.82, 2.24) is 10.2 Å². The summed E-state index contributed by atoms with van der Waals surface area (Å²) in [6, 6.07) is 11.1. The number of rotatable bonds is 10. The van der Waals surface area contributed by atoms with Crippen LogP contribution in [-0.2, 0) is 26.2 Å². The second-order valence-electron chi connectivity index (χ2n) is 7.92. The van der Waals surface area contributed by atoms with E-state index in [4.69, 9.17) is 4.74 Å². The number of amides is 2. The summed E-state index contributed by atoms with van der Waals surface area (Å²) < 4.78 is 45.5. The molecule has 0 aliphatic carbocycles. The summed E-state index contributed by atoms with van der Waals surface area (Å²) in [4.78, 5) is 27.2. The number of hydrogen-bond acceptors (Lipinski definition) is 5. The van der Waals surface area contributed by atoms with Crippen LogP contribution in [0.4, 0.5) is 10.1 Å². The molecule has 1 atom stereocenters. The van der Waals surface area contributed by atoms with Crippen LogP contribution in [0, 0.1) is 5.82 Å². The highest BCUT2D eigenvalue weighted by Gasteiger charge is 2.30.